The van der Waals surface area contributed by atoms with Gasteiger partial charge in [0.15, 0.2) is 0 Å². The van der Waals surface area contributed by atoms with Crippen molar-refractivity contribution >= 4 is 13.1 Å². The highest BCUT2D eigenvalue weighted by atomic mass is 16.7. The summed E-state index contributed by atoms with van der Waals surface area (Å²) in [5, 5.41) is 3.21. The molecule has 0 bridgehead atoms. The molecule has 0 amide bonds. The average molecular weight is 255 g/mol. The van der Waals surface area contributed by atoms with E-state index in [1.54, 1.807) is 0 Å². The number of hydrogen-bond acceptors (Lipinski definition) is 5. The Morgan fingerprint density at radius 1 is 1.22 bits per heavy atom. The summed E-state index contributed by atoms with van der Waals surface area (Å²) >= 11 is 0. The van der Waals surface area contributed by atoms with Crippen molar-refractivity contribution < 1.29 is 18.8 Å². The lowest BCUT2D eigenvalue weighted by Crippen LogP contribution is -2.41. The Hall–Kier alpha value is -0.585. The van der Waals surface area contributed by atoms with E-state index in [2.05, 4.69) is 5.32 Å². The highest BCUT2D eigenvalue weighted by Gasteiger charge is 2.56. The van der Waals surface area contributed by atoms with Crippen LogP contribution in [-0.4, -0.2) is 44.5 Å². The summed E-state index contributed by atoms with van der Waals surface area (Å²) in [6.45, 7) is 9.41. The van der Waals surface area contributed by atoms with Gasteiger partial charge >= 0.3 is 13.1 Å². The Morgan fingerprint density at radius 2 is 1.78 bits per heavy atom. The van der Waals surface area contributed by atoms with Gasteiger partial charge in [-0.05, 0) is 34.2 Å². The van der Waals surface area contributed by atoms with Crippen LogP contribution in [0.15, 0.2) is 0 Å². The van der Waals surface area contributed by atoms with Crippen LogP contribution in [0.4, 0.5) is 0 Å². The van der Waals surface area contributed by atoms with Crippen molar-refractivity contribution in [2.45, 2.75) is 44.7 Å². The minimum Gasteiger partial charge on any atom is -0.469 e. The predicted molar refractivity (Wildman–Crippen MR) is 68.2 cm³/mol. The molecule has 2 heterocycles. The van der Waals surface area contributed by atoms with Crippen LogP contribution in [-0.2, 0) is 18.8 Å². The topological polar surface area (TPSA) is 56.8 Å². The van der Waals surface area contributed by atoms with E-state index in [0.29, 0.717) is 6.54 Å². The maximum Gasteiger partial charge on any atom is 0.463 e. The Kier molecular flexibility index (Phi) is 3.47. The molecule has 0 radical (unpaired) electrons. The first kappa shape index (κ1) is 13.8. The Balaban J connectivity index is 2.11. The smallest absolute Gasteiger partial charge is 0.463 e. The summed E-state index contributed by atoms with van der Waals surface area (Å²) in [6, 6.07) is 0. The van der Waals surface area contributed by atoms with Crippen LogP contribution in [0.1, 0.15) is 27.7 Å². The highest BCUT2D eigenvalue weighted by Crippen LogP contribution is 2.42. The molecule has 0 aromatic rings. The van der Waals surface area contributed by atoms with Gasteiger partial charge in [0, 0.05) is 12.4 Å². The zero-order chi connectivity index (χ0) is 13.6. The van der Waals surface area contributed by atoms with E-state index in [4.69, 9.17) is 14.0 Å². The van der Waals surface area contributed by atoms with Crippen molar-refractivity contribution in [1.82, 2.24) is 5.32 Å². The van der Waals surface area contributed by atoms with Gasteiger partial charge in [-0.15, -0.1) is 0 Å². The van der Waals surface area contributed by atoms with Crippen molar-refractivity contribution in [3.63, 3.8) is 0 Å². The monoisotopic (exact) mass is 255 g/mol. The predicted octanol–water partition coefficient (Wildman–Crippen LogP) is 0.841. The van der Waals surface area contributed by atoms with Crippen LogP contribution >= 0.6 is 0 Å². The van der Waals surface area contributed by atoms with Gasteiger partial charge in [-0.3, -0.25) is 4.79 Å². The second kappa shape index (κ2) is 4.51. The molecule has 0 spiro atoms. The molecule has 102 valence electrons. The molecule has 18 heavy (non-hydrogen) atoms. The van der Waals surface area contributed by atoms with E-state index < -0.39 is 0 Å². The minimum absolute atomic E-state index is 0.0125. The van der Waals surface area contributed by atoms with E-state index in [0.717, 1.165) is 6.54 Å². The van der Waals surface area contributed by atoms with Crippen LogP contribution in [0.2, 0.25) is 5.82 Å². The van der Waals surface area contributed by atoms with E-state index in [-0.39, 0.29) is 36.0 Å². The second-order valence-corrected chi connectivity index (χ2v) is 6.08. The average Bonchev–Trinajstić information content (AvgIpc) is 2.81. The third-order valence-corrected chi connectivity index (χ3v) is 4.39. The summed E-state index contributed by atoms with van der Waals surface area (Å²) in [5.74, 6) is -0.372. The van der Waals surface area contributed by atoms with Gasteiger partial charge in [-0.2, -0.15) is 0 Å². The first-order valence-corrected chi connectivity index (χ1v) is 6.43. The first-order valence-electron chi connectivity index (χ1n) is 6.43. The fraction of sp³-hybridized carbons (Fsp3) is 0.917. The van der Waals surface area contributed by atoms with Crippen molar-refractivity contribution in [2.75, 3.05) is 20.2 Å². The van der Waals surface area contributed by atoms with Crippen molar-refractivity contribution in [3.05, 3.63) is 0 Å². The van der Waals surface area contributed by atoms with Crippen LogP contribution in [0.25, 0.3) is 0 Å². The standard InChI is InChI=1S/C12H22BNO4/c1-11(2)12(3,4)18-13(17-11)9-7-14-6-8(9)10(15)16-5/h8-9,14H,6-7H2,1-5H3/t8-,9-/m1/s1. The normalized spacial score (nSPS) is 33.7. The Bertz CT molecular complexity index is 329. The van der Waals surface area contributed by atoms with E-state index in [9.17, 15) is 4.79 Å². The molecule has 2 aliphatic heterocycles. The maximum absolute atomic E-state index is 11.7. The zero-order valence-electron chi connectivity index (χ0n) is 11.8. The Labute approximate surface area is 109 Å². The summed E-state index contributed by atoms with van der Waals surface area (Å²) in [7, 11) is 1.07. The largest absolute Gasteiger partial charge is 0.469 e. The number of rotatable bonds is 2. The summed E-state index contributed by atoms with van der Waals surface area (Å²) in [4.78, 5) is 11.7. The number of nitrogens with one attached hydrogen (secondary N) is 1. The Morgan fingerprint density at radius 3 is 2.28 bits per heavy atom. The van der Waals surface area contributed by atoms with E-state index in [1.807, 2.05) is 27.7 Å². The molecule has 1 N–H and O–H groups in total. The second-order valence-electron chi connectivity index (χ2n) is 6.08. The fourth-order valence-electron chi connectivity index (χ4n) is 2.46. The molecule has 2 atom stereocenters. The quantitative estimate of drug-likeness (QED) is 0.585. The lowest BCUT2D eigenvalue weighted by molar-refractivity contribution is -0.144. The summed E-state index contributed by atoms with van der Waals surface area (Å²) < 4.78 is 16.8. The van der Waals surface area contributed by atoms with Gasteiger partial charge in [0.1, 0.15) is 0 Å². The van der Waals surface area contributed by atoms with Gasteiger partial charge < -0.3 is 19.4 Å². The van der Waals surface area contributed by atoms with E-state index in [1.165, 1.54) is 7.11 Å². The number of carbonyl (C=O) groups is 1. The van der Waals surface area contributed by atoms with Crippen molar-refractivity contribution in [1.29, 1.82) is 0 Å². The van der Waals surface area contributed by atoms with Crippen LogP contribution < -0.4 is 5.32 Å². The van der Waals surface area contributed by atoms with Gasteiger partial charge in [-0.1, -0.05) is 0 Å². The molecule has 2 aliphatic rings. The number of ether oxygens (including phenoxy) is 1. The molecule has 2 fully saturated rings. The number of carbonyl (C=O) groups excluding carboxylic acids is 1. The molecule has 0 aliphatic carbocycles. The molecule has 0 unspecified atom stereocenters. The minimum atomic E-state index is -0.360. The van der Waals surface area contributed by atoms with Crippen LogP contribution in [0, 0.1) is 5.92 Å². The lowest BCUT2D eigenvalue weighted by Gasteiger charge is -2.32. The first-order chi connectivity index (χ1) is 8.28. The molecule has 2 rings (SSSR count). The summed E-state index contributed by atoms with van der Waals surface area (Å²) in [5.41, 5.74) is -0.720. The van der Waals surface area contributed by atoms with Gasteiger partial charge in [0.2, 0.25) is 0 Å². The number of methoxy groups -OCH3 is 1. The molecule has 6 heteroatoms. The third-order valence-electron chi connectivity index (χ3n) is 4.39. The van der Waals surface area contributed by atoms with Crippen molar-refractivity contribution in [2.24, 2.45) is 5.92 Å². The fourth-order valence-corrected chi connectivity index (χ4v) is 2.46. The van der Waals surface area contributed by atoms with Crippen LogP contribution in [0.5, 0.6) is 0 Å². The molecule has 0 aromatic heterocycles. The van der Waals surface area contributed by atoms with Crippen molar-refractivity contribution in [3.8, 4) is 0 Å². The molecule has 0 aromatic carbocycles. The van der Waals surface area contributed by atoms with E-state index >= 15 is 0 Å². The third kappa shape index (κ3) is 2.17. The highest BCUT2D eigenvalue weighted by molar-refractivity contribution is 6.48. The number of hydrogen-bond donors (Lipinski definition) is 1. The molecular formula is C12H22BNO4. The lowest BCUT2D eigenvalue weighted by atomic mass is 9.66. The van der Waals surface area contributed by atoms with Crippen LogP contribution in [0.3, 0.4) is 0 Å². The van der Waals surface area contributed by atoms with Gasteiger partial charge in [-0.25, -0.2) is 0 Å². The number of esters is 1. The zero-order valence-corrected chi connectivity index (χ0v) is 11.8. The summed E-state index contributed by atoms with van der Waals surface area (Å²) in [6.07, 6.45) is 0. The molecule has 0 saturated carbocycles. The van der Waals surface area contributed by atoms with Gasteiger partial charge in [0.05, 0.1) is 24.2 Å². The maximum atomic E-state index is 11.7. The SMILES string of the molecule is COC(=O)[C@@H]1CNC[C@H]1B1OC(C)(C)C(C)(C)O1. The molecule has 5 nitrogen and oxygen atoms in total. The molecule has 2 saturated heterocycles. The molecular weight excluding hydrogens is 233 g/mol. The van der Waals surface area contributed by atoms with Gasteiger partial charge in [0.25, 0.3) is 0 Å².